The Morgan fingerprint density at radius 3 is 2.38 bits per heavy atom. The molecule has 7 nitrogen and oxygen atoms in total. The number of anilines is 1. The van der Waals surface area contributed by atoms with Gasteiger partial charge in [0.2, 0.25) is 0 Å². The van der Waals surface area contributed by atoms with Gasteiger partial charge in [-0.3, -0.25) is 19.9 Å². The van der Waals surface area contributed by atoms with Crippen LogP contribution in [0.3, 0.4) is 0 Å². The number of hydrogen-bond donors (Lipinski definition) is 2. The van der Waals surface area contributed by atoms with Crippen LogP contribution in [0.2, 0.25) is 0 Å². The van der Waals surface area contributed by atoms with Crippen molar-refractivity contribution in [1.82, 2.24) is 20.2 Å². The molecular weight excluding hydrogens is 422 g/mol. The minimum absolute atomic E-state index is 0.274. The number of nitrogens with one attached hydrogen (secondary N) is 2. The van der Waals surface area contributed by atoms with Gasteiger partial charge in [0.1, 0.15) is 0 Å². The predicted molar refractivity (Wildman–Crippen MR) is 128 cm³/mol. The lowest BCUT2D eigenvalue weighted by atomic mass is 10.1. The SMILES string of the molecule is CN(C)CCNC(=O)c1ccccc1C(=O)Nc1nc2ccc(-c3ccncc3)cc2s1. The van der Waals surface area contributed by atoms with Crippen LogP contribution in [0, 0.1) is 0 Å². The molecule has 2 amide bonds. The molecule has 2 aromatic carbocycles. The summed E-state index contributed by atoms with van der Waals surface area (Å²) in [7, 11) is 3.87. The van der Waals surface area contributed by atoms with Gasteiger partial charge in [0.05, 0.1) is 21.3 Å². The molecule has 0 radical (unpaired) electrons. The minimum Gasteiger partial charge on any atom is -0.351 e. The van der Waals surface area contributed by atoms with Crippen LogP contribution in [-0.4, -0.2) is 53.9 Å². The number of benzene rings is 2. The summed E-state index contributed by atoms with van der Waals surface area (Å²) >= 11 is 1.40. The monoisotopic (exact) mass is 445 g/mol. The number of rotatable bonds is 7. The molecule has 4 rings (SSSR count). The van der Waals surface area contributed by atoms with Gasteiger partial charge in [0, 0.05) is 25.5 Å². The molecule has 0 aliphatic heterocycles. The lowest BCUT2D eigenvalue weighted by Gasteiger charge is -2.12. The van der Waals surface area contributed by atoms with Crippen molar-refractivity contribution < 1.29 is 9.59 Å². The van der Waals surface area contributed by atoms with Crippen molar-refractivity contribution in [2.45, 2.75) is 0 Å². The van der Waals surface area contributed by atoms with Crippen molar-refractivity contribution in [2.24, 2.45) is 0 Å². The molecule has 0 bridgehead atoms. The van der Waals surface area contributed by atoms with E-state index in [1.807, 2.05) is 49.3 Å². The summed E-state index contributed by atoms with van der Waals surface area (Å²) in [5.74, 6) is -0.638. The summed E-state index contributed by atoms with van der Waals surface area (Å²) in [4.78, 5) is 36.1. The first-order valence-corrected chi connectivity index (χ1v) is 11.0. The number of likely N-dealkylation sites (N-methyl/N-ethyl adjacent to an activating group) is 1. The molecule has 2 heterocycles. The lowest BCUT2D eigenvalue weighted by Crippen LogP contribution is -2.32. The summed E-state index contributed by atoms with van der Waals surface area (Å²) in [5, 5.41) is 6.19. The summed E-state index contributed by atoms with van der Waals surface area (Å²) < 4.78 is 0.962. The topological polar surface area (TPSA) is 87.2 Å². The number of nitrogens with zero attached hydrogens (tertiary/aromatic N) is 3. The number of pyridine rings is 1. The fraction of sp³-hybridized carbons (Fsp3) is 0.167. The maximum absolute atomic E-state index is 12.9. The minimum atomic E-state index is -0.364. The molecule has 2 aromatic heterocycles. The van der Waals surface area contributed by atoms with Crippen LogP contribution in [0.1, 0.15) is 20.7 Å². The zero-order chi connectivity index (χ0) is 22.5. The average molecular weight is 446 g/mol. The second-order valence-corrected chi connectivity index (χ2v) is 8.53. The fourth-order valence-corrected chi connectivity index (χ4v) is 4.13. The van der Waals surface area contributed by atoms with Crippen LogP contribution >= 0.6 is 11.3 Å². The lowest BCUT2D eigenvalue weighted by molar-refractivity contribution is 0.0938. The molecule has 0 spiro atoms. The van der Waals surface area contributed by atoms with Gasteiger partial charge >= 0.3 is 0 Å². The van der Waals surface area contributed by atoms with Gasteiger partial charge in [0.15, 0.2) is 5.13 Å². The molecule has 0 saturated carbocycles. The Balaban J connectivity index is 1.52. The molecule has 2 N–H and O–H groups in total. The van der Waals surface area contributed by atoms with E-state index in [1.165, 1.54) is 11.3 Å². The van der Waals surface area contributed by atoms with Crippen LogP contribution in [0.4, 0.5) is 5.13 Å². The first-order valence-electron chi connectivity index (χ1n) is 10.2. The second kappa shape index (κ2) is 9.67. The van der Waals surface area contributed by atoms with E-state index < -0.39 is 0 Å². The van der Waals surface area contributed by atoms with E-state index >= 15 is 0 Å². The Morgan fingerprint density at radius 1 is 0.938 bits per heavy atom. The normalized spacial score (nSPS) is 11.0. The molecule has 0 aliphatic carbocycles. The van der Waals surface area contributed by atoms with E-state index in [4.69, 9.17) is 0 Å². The molecule has 4 aromatic rings. The number of thiazole rings is 1. The molecule has 0 atom stereocenters. The average Bonchev–Trinajstić information content (AvgIpc) is 3.20. The van der Waals surface area contributed by atoms with Crippen LogP contribution < -0.4 is 10.6 Å². The quantitative estimate of drug-likeness (QED) is 0.451. The van der Waals surface area contributed by atoms with Crippen LogP contribution in [0.15, 0.2) is 67.0 Å². The number of fused-ring (bicyclic) bond motifs is 1. The summed E-state index contributed by atoms with van der Waals surface area (Å²) in [5.41, 5.74) is 3.57. The van der Waals surface area contributed by atoms with E-state index in [-0.39, 0.29) is 11.8 Å². The summed E-state index contributed by atoms with van der Waals surface area (Å²) in [6.07, 6.45) is 3.51. The molecule has 32 heavy (non-hydrogen) atoms. The van der Waals surface area contributed by atoms with Crippen molar-refractivity contribution in [1.29, 1.82) is 0 Å². The number of carbonyl (C=O) groups excluding carboxylic acids is 2. The zero-order valence-electron chi connectivity index (χ0n) is 17.8. The van der Waals surface area contributed by atoms with Crippen LogP contribution in [-0.2, 0) is 0 Å². The van der Waals surface area contributed by atoms with E-state index in [9.17, 15) is 9.59 Å². The van der Waals surface area contributed by atoms with Crippen molar-refractivity contribution in [3.05, 3.63) is 78.1 Å². The first-order chi connectivity index (χ1) is 15.5. The van der Waals surface area contributed by atoms with Crippen molar-refractivity contribution in [2.75, 3.05) is 32.5 Å². The molecule has 0 unspecified atom stereocenters. The number of hydrogen-bond acceptors (Lipinski definition) is 6. The van der Waals surface area contributed by atoms with Crippen molar-refractivity contribution in [3.63, 3.8) is 0 Å². The maximum atomic E-state index is 12.9. The summed E-state index contributed by atoms with van der Waals surface area (Å²) in [6.45, 7) is 1.22. The Morgan fingerprint density at radius 2 is 1.66 bits per heavy atom. The highest BCUT2D eigenvalue weighted by Gasteiger charge is 2.18. The molecule has 162 valence electrons. The molecular formula is C24H23N5O2S. The number of aromatic nitrogens is 2. The van der Waals surface area contributed by atoms with Gasteiger partial charge in [-0.1, -0.05) is 29.5 Å². The Bertz CT molecular complexity index is 1250. The van der Waals surface area contributed by atoms with Gasteiger partial charge < -0.3 is 10.2 Å². The molecule has 8 heteroatoms. The van der Waals surface area contributed by atoms with Gasteiger partial charge in [-0.25, -0.2) is 4.98 Å². The third kappa shape index (κ3) is 4.99. The third-order valence-electron chi connectivity index (χ3n) is 4.88. The smallest absolute Gasteiger partial charge is 0.258 e. The fourth-order valence-electron chi connectivity index (χ4n) is 3.23. The van der Waals surface area contributed by atoms with Crippen LogP contribution in [0.5, 0.6) is 0 Å². The highest BCUT2D eigenvalue weighted by molar-refractivity contribution is 7.22. The van der Waals surface area contributed by atoms with Crippen LogP contribution in [0.25, 0.3) is 21.3 Å². The maximum Gasteiger partial charge on any atom is 0.258 e. The molecule has 0 aliphatic rings. The van der Waals surface area contributed by atoms with Crippen molar-refractivity contribution in [3.8, 4) is 11.1 Å². The predicted octanol–water partition coefficient (Wildman–Crippen LogP) is 3.90. The molecule has 0 saturated heterocycles. The number of carbonyl (C=O) groups is 2. The first kappa shape index (κ1) is 21.6. The Kier molecular flexibility index (Phi) is 6.53. The number of amides is 2. The van der Waals surface area contributed by atoms with E-state index in [0.717, 1.165) is 21.3 Å². The van der Waals surface area contributed by atoms with E-state index in [0.29, 0.717) is 29.3 Å². The van der Waals surface area contributed by atoms with Crippen molar-refractivity contribution >= 4 is 38.5 Å². The van der Waals surface area contributed by atoms with Gasteiger partial charge in [0.25, 0.3) is 11.8 Å². The molecule has 0 fully saturated rings. The highest BCUT2D eigenvalue weighted by Crippen LogP contribution is 2.30. The summed E-state index contributed by atoms with van der Waals surface area (Å²) in [6, 6.07) is 16.7. The Hall–Kier alpha value is -3.62. The highest BCUT2D eigenvalue weighted by atomic mass is 32.1. The third-order valence-corrected chi connectivity index (χ3v) is 5.82. The van der Waals surface area contributed by atoms with E-state index in [1.54, 1.807) is 36.7 Å². The Labute approximate surface area is 190 Å². The van der Waals surface area contributed by atoms with Gasteiger partial charge in [-0.05, 0) is 61.6 Å². The van der Waals surface area contributed by atoms with Gasteiger partial charge in [-0.2, -0.15) is 0 Å². The standard InChI is InChI=1S/C24H23N5O2S/c1-29(2)14-13-26-22(30)18-5-3-4-6-19(18)23(31)28-24-27-20-8-7-17(15-21(20)32-24)16-9-11-25-12-10-16/h3-12,15H,13-14H2,1-2H3,(H,26,30)(H,27,28,31). The van der Waals surface area contributed by atoms with E-state index in [2.05, 4.69) is 20.6 Å². The zero-order valence-corrected chi connectivity index (χ0v) is 18.6. The van der Waals surface area contributed by atoms with Gasteiger partial charge in [-0.15, -0.1) is 0 Å². The second-order valence-electron chi connectivity index (χ2n) is 7.50. The largest absolute Gasteiger partial charge is 0.351 e.